The molecule has 0 aliphatic heterocycles. The maximum Gasteiger partial charge on any atom is 0.258 e. The number of thioether (sulfide) groups is 1. The van der Waals surface area contributed by atoms with Crippen molar-refractivity contribution in [3.63, 3.8) is 0 Å². The summed E-state index contributed by atoms with van der Waals surface area (Å²) in [4.78, 5) is 28.5. The molecule has 0 aromatic carbocycles. The fourth-order valence-corrected chi connectivity index (χ4v) is 3.07. The largest absolute Gasteiger partial charge is 0.354 e. The number of carbonyl (C=O) groups excluding carboxylic acids is 1. The van der Waals surface area contributed by atoms with Crippen LogP contribution in [0, 0.1) is 0 Å². The van der Waals surface area contributed by atoms with Crippen LogP contribution in [0.3, 0.4) is 0 Å². The zero-order valence-electron chi connectivity index (χ0n) is 12.4. The molecular formula is C13H19ClN4O2S2. The van der Waals surface area contributed by atoms with E-state index in [-0.39, 0.29) is 23.9 Å². The van der Waals surface area contributed by atoms with Gasteiger partial charge in [0.25, 0.3) is 5.56 Å². The van der Waals surface area contributed by atoms with Gasteiger partial charge in [0.2, 0.25) is 5.91 Å². The fourth-order valence-electron chi connectivity index (χ4n) is 1.59. The van der Waals surface area contributed by atoms with Crippen LogP contribution in [0.1, 0.15) is 19.5 Å². The van der Waals surface area contributed by atoms with Gasteiger partial charge in [-0.3, -0.25) is 14.0 Å². The molecule has 0 bridgehead atoms. The highest BCUT2D eigenvalue weighted by Crippen LogP contribution is 2.12. The Morgan fingerprint density at radius 3 is 2.95 bits per heavy atom. The molecule has 122 valence electrons. The zero-order chi connectivity index (χ0) is 15.5. The molecule has 6 nitrogen and oxygen atoms in total. The van der Waals surface area contributed by atoms with Crippen molar-refractivity contribution >= 4 is 46.4 Å². The van der Waals surface area contributed by atoms with Crippen molar-refractivity contribution in [3.8, 4) is 0 Å². The van der Waals surface area contributed by atoms with E-state index in [1.54, 1.807) is 6.20 Å². The number of fused-ring (bicyclic) bond motifs is 1. The molecule has 0 saturated heterocycles. The Morgan fingerprint density at radius 2 is 2.27 bits per heavy atom. The predicted octanol–water partition coefficient (Wildman–Crippen LogP) is 1.26. The number of thiazole rings is 1. The Hall–Kier alpha value is -1.09. The summed E-state index contributed by atoms with van der Waals surface area (Å²) < 4.78 is 1.51. The van der Waals surface area contributed by atoms with Gasteiger partial charge in [-0.2, -0.15) is 0 Å². The number of amides is 1. The summed E-state index contributed by atoms with van der Waals surface area (Å²) >= 11 is 2.84. The molecule has 9 heteroatoms. The van der Waals surface area contributed by atoms with Crippen LogP contribution in [-0.2, 0) is 10.5 Å². The maximum absolute atomic E-state index is 11.8. The molecule has 0 unspecified atom stereocenters. The first kappa shape index (κ1) is 19.0. The van der Waals surface area contributed by atoms with E-state index in [2.05, 4.69) is 10.3 Å². The average Bonchev–Trinajstić information content (AvgIpc) is 2.84. The van der Waals surface area contributed by atoms with E-state index in [1.165, 1.54) is 33.6 Å². The number of nitrogens with one attached hydrogen (secondary N) is 1. The first-order chi connectivity index (χ1) is 9.85. The second kappa shape index (κ2) is 7.96. The van der Waals surface area contributed by atoms with Gasteiger partial charge in [0.15, 0.2) is 4.96 Å². The predicted molar refractivity (Wildman–Crippen MR) is 94.0 cm³/mol. The molecular weight excluding hydrogens is 344 g/mol. The van der Waals surface area contributed by atoms with Crippen molar-refractivity contribution < 1.29 is 4.79 Å². The molecule has 0 radical (unpaired) electrons. The highest BCUT2D eigenvalue weighted by molar-refractivity contribution is 7.99. The Balaban J connectivity index is 0.00000242. The van der Waals surface area contributed by atoms with E-state index in [1.807, 2.05) is 19.2 Å². The van der Waals surface area contributed by atoms with Crippen LogP contribution >= 0.6 is 35.5 Å². The van der Waals surface area contributed by atoms with Crippen LogP contribution in [-0.4, -0.2) is 33.1 Å². The quantitative estimate of drug-likeness (QED) is 0.807. The lowest BCUT2D eigenvalue weighted by molar-refractivity contribution is -0.118. The molecule has 2 heterocycles. The highest BCUT2D eigenvalue weighted by atomic mass is 35.5. The molecule has 0 aliphatic rings. The summed E-state index contributed by atoms with van der Waals surface area (Å²) in [7, 11) is 0. The third-order valence-corrected chi connectivity index (χ3v) is 4.30. The van der Waals surface area contributed by atoms with Crippen LogP contribution in [0.2, 0.25) is 0 Å². The Labute approximate surface area is 142 Å². The fraction of sp³-hybridized carbons (Fsp3) is 0.462. The zero-order valence-corrected chi connectivity index (χ0v) is 14.8. The molecule has 0 spiro atoms. The van der Waals surface area contributed by atoms with Crippen molar-refractivity contribution in [3.05, 3.63) is 33.7 Å². The smallest absolute Gasteiger partial charge is 0.258 e. The minimum absolute atomic E-state index is 0. The normalized spacial score (nSPS) is 11.2. The first-order valence-corrected chi connectivity index (χ1v) is 8.48. The highest BCUT2D eigenvalue weighted by Gasteiger charge is 2.12. The van der Waals surface area contributed by atoms with Gasteiger partial charge in [0, 0.05) is 35.5 Å². The second-order valence-corrected chi connectivity index (χ2v) is 7.26. The van der Waals surface area contributed by atoms with Crippen molar-refractivity contribution in [2.75, 3.05) is 12.3 Å². The van der Waals surface area contributed by atoms with Crippen molar-refractivity contribution in [1.29, 1.82) is 0 Å². The summed E-state index contributed by atoms with van der Waals surface area (Å²) in [5.74, 6) is 0.789. The molecule has 3 N–H and O–H groups in total. The minimum atomic E-state index is -0.416. The lowest BCUT2D eigenvalue weighted by atomic mass is 10.1. The van der Waals surface area contributed by atoms with Crippen LogP contribution in [0.5, 0.6) is 0 Å². The molecule has 22 heavy (non-hydrogen) atoms. The van der Waals surface area contributed by atoms with Crippen LogP contribution < -0.4 is 16.6 Å². The first-order valence-electron chi connectivity index (χ1n) is 6.44. The molecule has 1 amide bonds. The lowest BCUT2D eigenvalue weighted by Gasteiger charge is -2.18. The molecule has 0 aliphatic carbocycles. The molecule has 0 saturated carbocycles. The van der Waals surface area contributed by atoms with Gasteiger partial charge in [-0.1, -0.05) is 0 Å². The number of carbonyl (C=O) groups is 1. The standard InChI is InChI=1S/C13H18N4O2S2.ClH/c1-13(2,14)8-15-10(18)7-20-6-9-5-11(19)17-3-4-21-12(17)16-9;/h3-5H,6-8,14H2,1-2H3,(H,15,18);1H. The van der Waals surface area contributed by atoms with Crippen molar-refractivity contribution in [2.24, 2.45) is 5.73 Å². The SMILES string of the molecule is CC(C)(N)CNC(=O)CSCc1cc(=O)n2ccsc2n1.Cl. The summed E-state index contributed by atoms with van der Waals surface area (Å²) in [6.07, 6.45) is 1.70. The number of nitrogens with zero attached hydrogens (tertiary/aromatic N) is 2. The van der Waals surface area contributed by atoms with Gasteiger partial charge in [-0.15, -0.1) is 35.5 Å². The molecule has 2 aromatic heterocycles. The van der Waals surface area contributed by atoms with Gasteiger partial charge in [0.05, 0.1) is 11.4 Å². The molecule has 0 atom stereocenters. The van der Waals surface area contributed by atoms with E-state index >= 15 is 0 Å². The van der Waals surface area contributed by atoms with Crippen LogP contribution in [0.15, 0.2) is 22.4 Å². The second-order valence-electron chi connectivity index (χ2n) is 5.40. The number of nitrogens with two attached hydrogens (primary N) is 1. The monoisotopic (exact) mass is 362 g/mol. The third kappa shape index (κ3) is 5.60. The van der Waals surface area contributed by atoms with Gasteiger partial charge in [0.1, 0.15) is 0 Å². The van der Waals surface area contributed by atoms with Gasteiger partial charge in [-0.05, 0) is 13.8 Å². The number of hydrogen-bond acceptors (Lipinski definition) is 6. The summed E-state index contributed by atoms with van der Waals surface area (Å²) in [6, 6.07) is 1.51. The molecule has 0 fully saturated rings. The third-order valence-electron chi connectivity index (χ3n) is 2.58. The molecule has 2 aromatic rings. The van der Waals surface area contributed by atoms with Crippen LogP contribution in [0.25, 0.3) is 4.96 Å². The lowest BCUT2D eigenvalue weighted by Crippen LogP contribution is -2.45. The van der Waals surface area contributed by atoms with Crippen LogP contribution in [0.4, 0.5) is 0 Å². The van der Waals surface area contributed by atoms with Gasteiger partial charge < -0.3 is 11.1 Å². The van der Waals surface area contributed by atoms with Gasteiger partial charge >= 0.3 is 0 Å². The van der Waals surface area contributed by atoms with Crippen molar-refractivity contribution in [2.45, 2.75) is 25.1 Å². The van der Waals surface area contributed by atoms with E-state index in [0.29, 0.717) is 28.7 Å². The topological polar surface area (TPSA) is 89.5 Å². The van der Waals surface area contributed by atoms with Gasteiger partial charge in [-0.25, -0.2) is 4.98 Å². The number of aromatic nitrogens is 2. The Kier molecular flexibility index (Phi) is 6.86. The Bertz CT molecular complexity index is 693. The van der Waals surface area contributed by atoms with E-state index in [0.717, 1.165) is 0 Å². The summed E-state index contributed by atoms with van der Waals surface area (Å²) in [6.45, 7) is 4.15. The average molecular weight is 363 g/mol. The number of halogens is 1. The van der Waals surface area contributed by atoms with E-state index in [9.17, 15) is 9.59 Å². The maximum atomic E-state index is 11.8. The number of rotatable bonds is 6. The Morgan fingerprint density at radius 1 is 1.55 bits per heavy atom. The summed E-state index contributed by atoms with van der Waals surface area (Å²) in [5, 5.41) is 4.60. The molecule has 2 rings (SSSR count). The number of hydrogen-bond donors (Lipinski definition) is 2. The van der Waals surface area contributed by atoms with Crippen molar-refractivity contribution in [1.82, 2.24) is 14.7 Å². The van der Waals surface area contributed by atoms with E-state index in [4.69, 9.17) is 5.73 Å². The van der Waals surface area contributed by atoms with E-state index < -0.39 is 5.54 Å². The minimum Gasteiger partial charge on any atom is -0.354 e. The summed E-state index contributed by atoms with van der Waals surface area (Å²) in [5.41, 5.74) is 5.98.